The molecule has 6 nitrogen and oxygen atoms in total. The number of nitrogens with one attached hydrogen (secondary N) is 4. The molecule has 1 aliphatic rings. The molecule has 8 heteroatoms. The first kappa shape index (κ1) is 18.3. The first-order valence-electron chi connectivity index (χ1n) is 7.47. The van der Waals surface area contributed by atoms with E-state index in [9.17, 15) is 0 Å². The molecule has 1 aromatic heterocycles. The maximum atomic E-state index is 7.63. The van der Waals surface area contributed by atoms with E-state index in [1.807, 2.05) is 25.1 Å². The Morgan fingerprint density at radius 1 is 1.38 bits per heavy atom. The summed E-state index contributed by atoms with van der Waals surface area (Å²) in [4.78, 5) is 0. The van der Waals surface area contributed by atoms with Gasteiger partial charge in [-0.1, -0.05) is 29.8 Å². The van der Waals surface area contributed by atoms with Crippen LogP contribution in [0.5, 0.6) is 0 Å². The first-order valence-corrected chi connectivity index (χ1v) is 7.85. The zero-order valence-electron chi connectivity index (χ0n) is 13.5. The largest absolute Gasteiger partial charge is 0.358 e. The van der Waals surface area contributed by atoms with Crippen molar-refractivity contribution in [2.75, 3.05) is 7.05 Å². The number of benzene rings is 1. The minimum Gasteiger partial charge on any atom is -0.358 e. The first-order chi connectivity index (χ1) is 11.1. The Hall–Kier alpha value is -2.05. The number of guanidine groups is 1. The van der Waals surface area contributed by atoms with E-state index in [1.165, 1.54) is 0 Å². The standard InChI is InChI=1S/C16H19ClN6.ClH/c1-9-15-13(21-20-9)7-10(11-5-3-4-6-12(11)17)8-14(15)22-23-16(18)19-2;/h3-6,10H,7-8H2,1-2H3,(H,20,21)(H3,18,19,23);1H/b22-14-;. The molecule has 0 aliphatic heterocycles. The molecule has 3 rings (SSSR count). The SMILES string of the molecule is CNC(=N)N/N=C1/CC(c2ccccc2Cl)Cc2[nH]nc(C)c21.Cl. The number of aromatic amines is 1. The summed E-state index contributed by atoms with van der Waals surface area (Å²) < 4.78 is 0. The second-order valence-corrected chi connectivity index (χ2v) is 5.99. The fraction of sp³-hybridized carbons (Fsp3) is 0.312. The van der Waals surface area contributed by atoms with Crippen molar-refractivity contribution >= 4 is 35.7 Å². The van der Waals surface area contributed by atoms with E-state index in [4.69, 9.17) is 17.0 Å². The summed E-state index contributed by atoms with van der Waals surface area (Å²) in [6.45, 7) is 1.96. The molecule has 1 unspecified atom stereocenters. The van der Waals surface area contributed by atoms with Gasteiger partial charge in [0, 0.05) is 23.3 Å². The highest BCUT2D eigenvalue weighted by Gasteiger charge is 2.29. The third-order valence-electron chi connectivity index (χ3n) is 4.10. The number of aromatic nitrogens is 2. The number of fused-ring (bicyclic) bond motifs is 1. The summed E-state index contributed by atoms with van der Waals surface area (Å²) in [5.41, 5.74) is 7.77. The van der Waals surface area contributed by atoms with Crippen LogP contribution in [0.2, 0.25) is 5.02 Å². The number of nitrogens with zero attached hydrogens (tertiary/aromatic N) is 2. The van der Waals surface area contributed by atoms with E-state index in [0.29, 0.717) is 0 Å². The van der Waals surface area contributed by atoms with E-state index in [0.717, 1.165) is 46.1 Å². The van der Waals surface area contributed by atoms with Crippen molar-refractivity contribution in [2.45, 2.75) is 25.7 Å². The van der Waals surface area contributed by atoms with Gasteiger partial charge < -0.3 is 5.32 Å². The molecular weight excluding hydrogens is 347 g/mol. The average Bonchev–Trinajstić information content (AvgIpc) is 2.94. The number of hydrogen-bond donors (Lipinski definition) is 4. The van der Waals surface area contributed by atoms with Gasteiger partial charge in [0.1, 0.15) is 0 Å². The van der Waals surface area contributed by atoms with Crippen LogP contribution >= 0.6 is 24.0 Å². The van der Waals surface area contributed by atoms with Crippen LogP contribution in [0, 0.1) is 12.3 Å². The molecule has 0 bridgehead atoms. The molecule has 24 heavy (non-hydrogen) atoms. The summed E-state index contributed by atoms with van der Waals surface area (Å²) >= 11 is 6.36. The minimum atomic E-state index is 0. The van der Waals surface area contributed by atoms with Gasteiger partial charge in [0.15, 0.2) is 0 Å². The number of hydrogen-bond acceptors (Lipinski definition) is 3. The Labute approximate surface area is 152 Å². The van der Waals surface area contributed by atoms with Gasteiger partial charge in [-0.15, -0.1) is 12.4 Å². The van der Waals surface area contributed by atoms with Crippen molar-refractivity contribution in [3.8, 4) is 0 Å². The van der Waals surface area contributed by atoms with Gasteiger partial charge in [0.05, 0.1) is 11.4 Å². The molecule has 1 aromatic carbocycles. The van der Waals surface area contributed by atoms with Gasteiger partial charge in [0.25, 0.3) is 0 Å². The summed E-state index contributed by atoms with van der Waals surface area (Å²) in [5.74, 6) is 0.389. The van der Waals surface area contributed by atoms with Crippen LogP contribution < -0.4 is 10.7 Å². The predicted molar refractivity (Wildman–Crippen MR) is 99.5 cm³/mol. The third-order valence-corrected chi connectivity index (χ3v) is 4.44. The molecule has 0 spiro atoms. The Kier molecular flexibility index (Phi) is 5.85. The molecule has 128 valence electrons. The fourth-order valence-electron chi connectivity index (χ4n) is 2.97. The van der Waals surface area contributed by atoms with Crippen molar-refractivity contribution in [1.29, 1.82) is 5.41 Å². The number of halogens is 2. The fourth-order valence-corrected chi connectivity index (χ4v) is 3.26. The highest BCUT2D eigenvalue weighted by Crippen LogP contribution is 2.36. The maximum absolute atomic E-state index is 7.63. The number of H-pyrrole nitrogens is 1. The Bertz CT molecular complexity index is 768. The van der Waals surface area contributed by atoms with Gasteiger partial charge in [0.2, 0.25) is 5.96 Å². The van der Waals surface area contributed by atoms with E-state index < -0.39 is 0 Å². The van der Waals surface area contributed by atoms with Gasteiger partial charge in [-0.25, -0.2) is 5.43 Å². The normalized spacial score (nSPS) is 17.8. The molecule has 0 saturated heterocycles. The lowest BCUT2D eigenvalue weighted by molar-refractivity contribution is 0.677. The molecule has 1 heterocycles. The van der Waals surface area contributed by atoms with Crippen LogP contribution in [0.15, 0.2) is 29.4 Å². The predicted octanol–water partition coefficient (Wildman–Crippen LogP) is 2.97. The van der Waals surface area contributed by atoms with Crippen molar-refractivity contribution in [3.05, 3.63) is 51.8 Å². The Balaban J connectivity index is 0.00000208. The zero-order valence-corrected chi connectivity index (χ0v) is 15.1. The van der Waals surface area contributed by atoms with E-state index >= 15 is 0 Å². The van der Waals surface area contributed by atoms with Gasteiger partial charge in [-0.3, -0.25) is 10.5 Å². The Morgan fingerprint density at radius 3 is 2.83 bits per heavy atom. The lowest BCUT2D eigenvalue weighted by atomic mass is 9.81. The van der Waals surface area contributed by atoms with E-state index in [2.05, 4.69) is 32.1 Å². The maximum Gasteiger partial charge on any atom is 0.208 e. The summed E-state index contributed by atoms with van der Waals surface area (Å²) in [5, 5.41) is 22.9. The summed E-state index contributed by atoms with van der Waals surface area (Å²) in [6.07, 6.45) is 1.60. The number of rotatable bonds is 2. The highest BCUT2D eigenvalue weighted by atomic mass is 35.5. The van der Waals surface area contributed by atoms with Crippen molar-refractivity contribution in [1.82, 2.24) is 20.9 Å². The molecule has 0 saturated carbocycles. The molecule has 0 radical (unpaired) electrons. The van der Waals surface area contributed by atoms with Crippen molar-refractivity contribution < 1.29 is 0 Å². The monoisotopic (exact) mass is 366 g/mol. The average molecular weight is 367 g/mol. The molecular formula is C16H20Cl2N6. The van der Waals surface area contributed by atoms with Crippen LogP contribution in [0.25, 0.3) is 0 Å². The number of hydrazone groups is 1. The van der Waals surface area contributed by atoms with Crippen LogP contribution in [0.1, 0.15) is 34.9 Å². The van der Waals surface area contributed by atoms with E-state index in [1.54, 1.807) is 7.05 Å². The lowest BCUT2D eigenvalue weighted by Gasteiger charge is -2.24. The van der Waals surface area contributed by atoms with Gasteiger partial charge in [-0.05, 0) is 37.3 Å². The third kappa shape index (κ3) is 3.55. The number of aryl methyl sites for hydroxylation is 1. The second-order valence-electron chi connectivity index (χ2n) is 5.58. The quantitative estimate of drug-likeness (QED) is 0.374. The van der Waals surface area contributed by atoms with Crippen LogP contribution in [-0.4, -0.2) is 28.9 Å². The minimum absolute atomic E-state index is 0. The molecule has 0 amide bonds. The summed E-state index contributed by atoms with van der Waals surface area (Å²) in [6, 6.07) is 7.91. The lowest BCUT2D eigenvalue weighted by Crippen LogP contribution is -2.32. The van der Waals surface area contributed by atoms with Crippen molar-refractivity contribution in [3.63, 3.8) is 0 Å². The highest BCUT2D eigenvalue weighted by molar-refractivity contribution is 6.31. The molecule has 1 atom stereocenters. The molecule has 0 fully saturated rings. The zero-order chi connectivity index (χ0) is 16.4. The smallest absolute Gasteiger partial charge is 0.208 e. The summed E-state index contributed by atoms with van der Waals surface area (Å²) in [7, 11) is 1.68. The Morgan fingerprint density at radius 2 is 2.12 bits per heavy atom. The molecule has 4 N–H and O–H groups in total. The topological polar surface area (TPSA) is 89.0 Å². The molecule has 2 aromatic rings. The second kappa shape index (κ2) is 7.68. The molecule has 1 aliphatic carbocycles. The van der Waals surface area contributed by atoms with Crippen LogP contribution in [0.3, 0.4) is 0 Å². The van der Waals surface area contributed by atoms with Crippen LogP contribution in [-0.2, 0) is 6.42 Å². The van der Waals surface area contributed by atoms with Gasteiger partial charge in [-0.2, -0.15) is 10.2 Å². The van der Waals surface area contributed by atoms with Crippen LogP contribution in [0.4, 0.5) is 0 Å². The van der Waals surface area contributed by atoms with Crippen molar-refractivity contribution in [2.24, 2.45) is 5.10 Å². The van der Waals surface area contributed by atoms with E-state index in [-0.39, 0.29) is 24.3 Å². The van der Waals surface area contributed by atoms with Gasteiger partial charge >= 0.3 is 0 Å².